The van der Waals surface area contributed by atoms with Gasteiger partial charge in [0.15, 0.2) is 0 Å². The zero-order valence-corrected chi connectivity index (χ0v) is 9.33. The number of aromatic hydroxyl groups is 1. The summed E-state index contributed by atoms with van der Waals surface area (Å²) in [7, 11) is 0. The molecule has 0 saturated heterocycles. The van der Waals surface area contributed by atoms with Crippen molar-refractivity contribution in [2.24, 2.45) is 0 Å². The lowest BCUT2D eigenvalue weighted by atomic mass is 10.0. The predicted molar refractivity (Wildman–Crippen MR) is 63.8 cm³/mol. The second kappa shape index (κ2) is 3.12. The van der Waals surface area contributed by atoms with Gasteiger partial charge in [0.2, 0.25) is 0 Å². The van der Waals surface area contributed by atoms with E-state index in [9.17, 15) is 10.2 Å². The molecule has 82 valence electrons. The standard InChI is InChI=1S/C13H11ClO2/c14-10-2-1-8-7-12(15)11(6-9(8)5-10)13(16)3-4-13/h1-2,5-7,15-16H,3-4H2. The van der Waals surface area contributed by atoms with E-state index in [0.29, 0.717) is 23.4 Å². The van der Waals surface area contributed by atoms with Gasteiger partial charge in [0.05, 0.1) is 5.60 Å². The summed E-state index contributed by atoms with van der Waals surface area (Å²) < 4.78 is 0. The molecule has 2 aromatic carbocycles. The van der Waals surface area contributed by atoms with Crippen molar-refractivity contribution in [1.82, 2.24) is 0 Å². The van der Waals surface area contributed by atoms with Crippen LogP contribution in [-0.4, -0.2) is 10.2 Å². The summed E-state index contributed by atoms with van der Waals surface area (Å²) in [5.41, 5.74) is -0.206. The number of benzene rings is 2. The molecule has 0 amide bonds. The predicted octanol–water partition coefficient (Wildman–Crippen LogP) is 3.18. The molecule has 2 N–H and O–H groups in total. The van der Waals surface area contributed by atoms with Crippen LogP contribution in [0.25, 0.3) is 10.8 Å². The van der Waals surface area contributed by atoms with E-state index in [-0.39, 0.29) is 5.75 Å². The average Bonchev–Trinajstić information content (AvgIpc) is 2.97. The lowest BCUT2D eigenvalue weighted by Gasteiger charge is -2.12. The first-order valence-electron chi connectivity index (χ1n) is 5.24. The molecule has 0 atom stereocenters. The van der Waals surface area contributed by atoms with Gasteiger partial charge >= 0.3 is 0 Å². The molecule has 1 aliphatic carbocycles. The van der Waals surface area contributed by atoms with Crippen molar-refractivity contribution >= 4 is 22.4 Å². The van der Waals surface area contributed by atoms with E-state index < -0.39 is 5.60 Å². The van der Waals surface area contributed by atoms with Gasteiger partial charge in [-0.3, -0.25) is 0 Å². The van der Waals surface area contributed by atoms with Gasteiger partial charge in [0.25, 0.3) is 0 Å². The summed E-state index contributed by atoms with van der Waals surface area (Å²) in [6.45, 7) is 0. The molecule has 2 nitrogen and oxygen atoms in total. The van der Waals surface area contributed by atoms with Crippen LogP contribution in [0.4, 0.5) is 0 Å². The molecule has 1 saturated carbocycles. The Morgan fingerprint density at radius 3 is 2.50 bits per heavy atom. The number of phenolic OH excluding ortho intramolecular Hbond substituents is 1. The first-order chi connectivity index (χ1) is 7.58. The van der Waals surface area contributed by atoms with Crippen molar-refractivity contribution < 1.29 is 10.2 Å². The monoisotopic (exact) mass is 234 g/mol. The van der Waals surface area contributed by atoms with Crippen molar-refractivity contribution in [2.75, 3.05) is 0 Å². The van der Waals surface area contributed by atoms with Crippen LogP contribution < -0.4 is 0 Å². The average molecular weight is 235 g/mol. The van der Waals surface area contributed by atoms with Crippen LogP contribution in [0.15, 0.2) is 30.3 Å². The molecule has 16 heavy (non-hydrogen) atoms. The van der Waals surface area contributed by atoms with Crippen LogP contribution in [0.5, 0.6) is 5.75 Å². The Balaban J connectivity index is 2.27. The van der Waals surface area contributed by atoms with Crippen LogP contribution in [0.1, 0.15) is 18.4 Å². The fourth-order valence-corrected chi connectivity index (χ4v) is 2.20. The first kappa shape index (κ1) is 9.94. The zero-order valence-electron chi connectivity index (χ0n) is 8.57. The molecule has 1 aliphatic rings. The topological polar surface area (TPSA) is 40.5 Å². The maximum atomic E-state index is 10.0. The maximum absolute atomic E-state index is 10.0. The number of rotatable bonds is 1. The maximum Gasteiger partial charge on any atom is 0.122 e. The highest BCUT2D eigenvalue weighted by Gasteiger charge is 2.44. The van der Waals surface area contributed by atoms with Gasteiger partial charge in [-0.05, 0) is 47.9 Å². The number of aliphatic hydroxyl groups is 1. The molecule has 0 aliphatic heterocycles. The van der Waals surface area contributed by atoms with Gasteiger partial charge < -0.3 is 10.2 Å². The van der Waals surface area contributed by atoms with Gasteiger partial charge in [-0.2, -0.15) is 0 Å². The molecule has 0 radical (unpaired) electrons. The molecule has 3 rings (SSSR count). The Kier molecular flexibility index (Phi) is 1.94. The van der Waals surface area contributed by atoms with Crippen LogP contribution in [-0.2, 0) is 5.60 Å². The van der Waals surface area contributed by atoms with E-state index in [1.54, 1.807) is 12.1 Å². The Labute approximate surface area is 98.1 Å². The molecule has 0 bridgehead atoms. The number of fused-ring (bicyclic) bond motifs is 1. The molecule has 0 aromatic heterocycles. The Bertz CT molecular complexity index is 573. The Morgan fingerprint density at radius 2 is 1.81 bits per heavy atom. The largest absolute Gasteiger partial charge is 0.508 e. The van der Waals surface area contributed by atoms with E-state index in [4.69, 9.17) is 11.6 Å². The van der Waals surface area contributed by atoms with Gasteiger partial charge in [0.1, 0.15) is 5.75 Å². The fourth-order valence-electron chi connectivity index (χ4n) is 2.02. The first-order valence-corrected chi connectivity index (χ1v) is 5.61. The number of halogens is 1. The van der Waals surface area contributed by atoms with E-state index in [1.807, 2.05) is 18.2 Å². The van der Waals surface area contributed by atoms with E-state index >= 15 is 0 Å². The van der Waals surface area contributed by atoms with Crippen LogP contribution in [0, 0.1) is 0 Å². The third-order valence-corrected chi connectivity index (χ3v) is 3.38. The van der Waals surface area contributed by atoms with Crippen LogP contribution in [0.3, 0.4) is 0 Å². The minimum absolute atomic E-state index is 0.162. The quantitative estimate of drug-likeness (QED) is 0.796. The lowest BCUT2D eigenvalue weighted by molar-refractivity contribution is 0.148. The number of phenols is 1. The van der Waals surface area contributed by atoms with E-state index in [1.165, 1.54) is 0 Å². The summed E-state index contributed by atoms with van der Waals surface area (Å²) in [5, 5.41) is 22.4. The smallest absolute Gasteiger partial charge is 0.122 e. The third kappa shape index (κ3) is 1.46. The van der Waals surface area contributed by atoms with E-state index in [0.717, 1.165) is 10.8 Å². The summed E-state index contributed by atoms with van der Waals surface area (Å²) in [6, 6.07) is 8.99. The van der Waals surface area contributed by atoms with Crippen molar-refractivity contribution in [3.63, 3.8) is 0 Å². The van der Waals surface area contributed by atoms with Crippen molar-refractivity contribution in [1.29, 1.82) is 0 Å². The zero-order chi connectivity index (χ0) is 11.3. The Hall–Kier alpha value is -1.25. The normalized spacial score (nSPS) is 17.6. The molecular weight excluding hydrogens is 224 g/mol. The molecule has 0 heterocycles. The van der Waals surface area contributed by atoms with Crippen molar-refractivity contribution in [3.05, 3.63) is 40.9 Å². The highest BCUT2D eigenvalue weighted by Crippen LogP contribution is 2.49. The molecule has 0 spiro atoms. The van der Waals surface area contributed by atoms with Gasteiger partial charge in [-0.15, -0.1) is 0 Å². The van der Waals surface area contributed by atoms with Gasteiger partial charge in [-0.25, -0.2) is 0 Å². The SMILES string of the molecule is Oc1cc2ccc(Cl)cc2cc1C1(O)CC1. The van der Waals surface area contributed by atoms with E-state index in [2.05, 4.69) is 0 Å². The van der Waals surface area contributed by atoms with Crippen LogP contribution in [0.2, 0.25) is 5.02 Å². The highest BCUT2D eigenvalue weighted by molar-refractivity contribution is 6.31. The summed E-state index contributed by atoms with van der Waals surface area (Å²) >= 11 is 5.92. The minimum Gasteiger partial charge on any atom is -0.508 e. The minimum atomic E-state index is -0.819. The summed E-state index contributed by atoms with van der Waals surface area (Å²) in [6.07, 6.45) is 1.43. The lowest BCUT2D eigenvalue weighted by Crippen LogP contribution is -2.04. The number of hydrogen-bond donors (Lipinski definition) is 2. The molecular formula is C13H11ClO2. The highest BCUT2D eigenvalue weighted by atomic mass is 35.5. The van der Waals surface area contributed by atoms with Crippen molar-refractivity contribution in [3.8, 4) is 5.75 Å². The molecule has 0 unspecified atom stereocenters. The second-order valence-electron chi connectivity index (χ2n) is 4.39. The molecule has 1 fully saturated rings. The molecule has 2 aromatic rings. The molecule has 3 heteroatoms. The third-order valence-electron chi connectivity index (χ3n) is 3.14. The number of hydrogen-bond acceptors (Lipinski definition) is 2. The summed E-state index contributed by atoms with van der Waals surface area (Å²) in [4.78, 5) is 0. The Morgan fingerprint density at radius 1 is 1.06 bits per heavy atom. The van der Waals surface area contributed by atoms with Gasteiger partial charge in [0, 0.05) is 10.6 Å². The van der Waals surface area contributed by atoms with Crippen molar-refractivity contribution in [2.45, 2.75) is 18.4 Å². The van der Waals surface area contributed by atoms with Crippen LogP contribution >= 0.6 is 11.6 Å². The second-order valence-corrected chi connectivity index (χ2v) is 4.83. The summed E-state index contributed by atoms with van der Waals surface area (Å²) in [5.74, 6) is 0.162. The van der Waals surface area contributed by atoms with Gasteiger partial charge in [-0.1, -0.05) is 17.7 Å². The fraction of sp³-hybridized carbons (Fsp3) is 0.231.